The molecule has 0 aromatic heterocycles. The maximum atomic E-state index is 14.1. The number of halogens is 9. The van der Waals surface area contributed by atoms with Gasteiger partial charge in [0.25, 0.3) is 0 Å². The van der Waals surface area contributed by atoms with Gasteiger partial charge in [0, 0.05) is 12.3 Å². The third-order valence-corrected chi connectivity index (χ3v) is 7.14. The number of aliphatic carboxylic acids is 1. The highest BCUT2D eigenvalue weighted by molar-refractivity contribution is 5.90. The number of benzene rings is 1. The number of fused-ring (bicyclic) bond motifs is 1. The molecule has 0 spiro atoms. The Bertz CT molecular complexity index is 1520. The predicted octanol–water partition coefficient (Wildman–Crippen LogP) is 6.40. The monoisotopic (exact) mass is 544 g/mol. The zero-order valence-electron chi connectivity index (χ0n) is 19.2. The molecule has 0 radical (unpaired) electrons. The molecule has 0 bridgehead atoms. The highest BCUT2D eigenvalue weighted by atomic mass is 19.4. The second-order valence-corrected chi connectivity index (χ2v) is 9.35. The minimum absolute atomic E-state index is 0.00491. The van der Waals surface area contributed by atoms with Crippen molar-refractivity contribution < 1.29 is 49.4 Å². The average Bonchev–Trinajstić information content (AvgIpc) is 2.79. The lowest BCUT2D eigenvalue weighted by Crippen LogP contribution is -2.45. The van der Waals surface area contributed by atoms with Crippen LogP contribution in [0.15, 0.2) is 70.9 Å². The van der Waals surface area contributed by atoms with E-state index >= 15 is 0 Å². The molecule has 0 heterocycles. The smallest absolute Gasteiger partial charge is 0.416 e. The van der Waals surface area contributed by atoms with Crippen molar-refractivity contribution in [2.75, 3.05) is 0 Å². The number of allylic oxidation sites excluding steroid dienone is 10. The molecular formula is C27H17F9O2. The van der Waals surface area contributed by atoms with Crippen LogP contribution in [0.1, 0.15) is 36.3 Å². The van der Waals surface area contributed by atoms with Gasteiger partial charge in [0.05, 0.1) is 17.1 Å². The lowest BCUT2D eigenvalue weighted by atomic mass is 9.65. The SMILES string of the molecule is O=C(O)CCCC1=CC=C2C3=c4c(c(C(F)(F)F)ccc4=C4C=CC(C(F)(F)F)=C1C24)C(C(F)(F)F)C=C3. The first-order chi connectivity index (χ1) is 17.6. The number of rotatable bonds is 4. The Hall–Kier alpha value is -3.50. The molecule has 200 valence electrons. The molecule has 1 aromatic rings. The van der Waals surface area contributed by atoms with Gasteiger partial charge >= 0.3 is 24.5 Å². The van der Waals surface area contributed by atoms with Crippen LogP contribution in [0.4, 0.5) is 39.5 Å². The van der Waals surface area contributed by atoms with E-state index in [0.717, 1.165) is 24.3 Å². The fraction of sp³-hybridized carbons (Fsp3) is 0.296. The van der Waals surface area contributed by atoms with Crippen LogP contribution >= 0.6 is 0 Å². The van der Waals surface area contributed by atoms with Crippen LogP contribution in [-0.4, -0.2) is 23.4 Å². The second kappa shape index (κ2) is 8.51. The van der Waals surface area contributed by atoms with Crippen molar-refractivity contribution in [2.24, 2.45) is 5.92 Å². The Kier molecular flexibility index (Phi) is 5.85. The highest BCUT2D eigenvalue weighted by Crippen LogP contribution is 2.51. The number of carboxylic acids is 1. The van der Waals surface area contributed by atoms with Gasteiger partial charge in [0.1, 0.15) is 0 Å². The van der Waals surface area contributed by atoms with Crippen molar-refractivity contribution >= 4 is 17.1 Å². The quantitative estimate of drug-likeness (QED) is 0.446. The summed E-state index contributed by atoms with van der Waals surface area (Å²) in [6.07, 6.45) is -8.88. The summed E-state index contributed by atoms with van der Waals surface area (Å²) in [5.41, 5.74) is -3.02. The molecule has 0 fully saturated rings. The van der Waals surface area contributed by atoms with Gasteiger partial charge in [-0.25, -0.2) is 0 Å². The van der Waals surface area contributed by atoms with E-state index in [0.29, 0.717) is 12.1 Å². The van der Waals surface area contributed by atoms with Crippen molar-refractivity contribution in [3.63, 3.8) is 0 Å². The molecule has 11 heteroatoms. The van der Waals surface area contributed by atoms with Crippen LogP contribution in [0.25, 0.3) is 11.1 Å². The average molecular weight is 544 g/mol. The van der Waals surface area contributed by atoms with Gasteiger partial charge in [-0.15, -0.1) is 0 Å². The van der Waals surface area contributed by atoms with Crippen molar-refractivity contribution in [1.29, 1.82) is 0 Å². The van der Waals surface area contributed by atoms with Crippen LogP contribution in [-0.2, 0) is 11.0 Å². The summed E-state index contributed by atoms with van der Waals surface area (Å²) in [4.78, 5) is 10.9. The Morgan fingerprint density at radius 2 is 1.61 bits per heavy atom. The number of hydrogen-bond acceptors (Lipinski definition) is 1. The largest absolute Gasteiger partial charge is 0.481 e. The Morgan fingerprint density at radius 1 is 0.895 bits per heavy atom. The normalized spacial score (nSPS) is 22.2. The second-order valence-electron chi connectivity index (χ2n) is 9.35. The Morgan fingerprint density at radius 3 is 2.21 bits per heavy atom. The van der Waals surface area contributed by atoms with Crippen LogP contribution in [0.3, 0.4) is 0 Å². The number of alkyl halides is 9. The van der Waals surface area contributed by atoms with Crippen molar-refractivity contribution in [1.82, 2.24) is 0 Å². The maximum Gasteiger partial charge on any atom is 0.416 e. The van der Waals surface area contributed by atoms with E-state index in [2.05, 4.69) is 0 Å². The van der Waals surface area contributed by atoms with E-state index < -0.39 is 53.0 Å². The molecule has 38 heavy (non-hydrogen) atoms. The molecular weight excluding hydrogens is 527 g/mol. The molecule has 1 N–H and O–H groups in total. The Labute approximate surface area is 209 Å². The zero-order chi connectivity index (χ0) is 27.8. The van der Waals surface area contributed by atoms with Crippen molar-refractivity contribution in [2.45, 2.75) is 43.7 Å². The molecule has 5 rings (SSSR count). The van der Waals surface area contributed by atoms with Gasteiger partial charge in [-0.1, -0.05) is 36.4 Å². The fourth-order valence-electron chi connectivity index (χ4n) is 5.72. The van der Waals surface area contributed by atoms with Crippen molar-refractivity contribution in [3.05, 3.63) is 92.4 Å². The molecule has 4 aliphatic carbocycles. The first-order valence-electron chi connectivity index (χ1n) is 11.5. The lowest BCUT2D eigenvalue weighted by Gasteiger charge is -2.39. The van der Waals surface area contributed by atoms with Gasteiger partial charge in [0.2, 0.25) is 0 Å². The van der Waals surface area contributed by atoms with Crippen LogP contribution in [0, 0.1) is 5.92 Å². The molecule has 2 atom stereocenters. The Balaban J connectivity index is 1.85. The van der Waals surface area contributed by atoms with E-state index in [1.54, 1.807) is 0 Å². The summed E-state index contributed by atoms with van der Waals surface area (Å²) in [5, 5.41) is 8.66. The topological polar surface area (TPSA) is 37.3 Å². The number of hydrogen-bond donors (Lipinski definition) is 1. The molecule has 0 saturated carbocycles. The molecule has 2 nitrogen and oxygen atoms in total. The van der Waals surface area contributed by atoms with Gasteiger partial charge in [-0.05, 0) is 68.9 Å². The van der Waals surface area contributed by atoms with Gasteiger partial charge < -0.3 is 5.11 Å². The standard InChI is InChI=1S/C27H17F9O2/c28-25(29,30)17-9-6-14-16-8-11-19(27(34,35)36)24-18(26(31,32)33)10-7-15(23(16)24)13-5-4-12(21(17)22(13)14)2-1-3-20(37)38/h4-11,18,22H,1-3H2,(H,37,38). The molecule has 1 aromatic carbocycles. The summed E-state index contributed by atoms with van der Waals surface area (Å²) >= 11 is 0. The van der Waals surface area contributed by atoms with Crippen LogP contribution in [0.2, 0.25) is 0 Å². The molecule has 0 amide bonds. The maximum absolute atomic E-state index is 14.1. The van der Waals surface area contributed by atoms with Crippen LogP contribution in [0.5, 0.6) is 0 Å². The molecule has 0 saturated heterocycles. The van der Waals surface area contributed by atoms with E-state index in [1.807, 2.05) is 0 Å². The summed E-state index contributed by atoms with van der Waals surface area (Å²) in [6.45, 7) is 0. The molecule has 0 aliphatic heterocycles. The highest BCUT2D eigenvalue weighted by Gasteiger charge is 2.49. The summed E-state index contributed by atoms with van der Waals surface area (Å²) in [7, 11) is 0. The fourth-order valence-corrected chi connectivity index (χ4v) is 5.72. The minimum atomic E-state index is -5.10. The minimum Gasteiger partial charge on any atom is -0.481 e. The zero-order valence-corrected chi connectivity index (χ0v) is 19.2. The van der Waals surface area contributed by atoms with E-state index in [9.17, 15) is 44.3 Å². The third-order valence-electron chi connectivity index (χ3n) is 7.14. The van der Waals surface area contributed by atoms with E-state index in [-0.39, 0.29) is 57.6 Å². The number of carboxylic acid groups (broad SMARTS) is 1. The predicted molar refractivity (Wildman–Crippen MR) is 119 cm³/mol. The summed E-state index contributed by atoms with van der Waals surface area (Å²) < 4.78 is 126. The van der Waals surface area contributed by atoms with Gasteiger partial charge in [-0.2, -0.15) is 39.5 Å². The van der Waals surface area contributed by atoms with Crippen molar-refractivity contribution in [3.8, 4) is 0 Å². The van der Waals surface area contributed by atoms with Gasteiger partial charge in [-0.3, -0.25) is 4.79 Å². The summed E-state index contributed by atoms with van der Waals surface area (Å²) in [5.74, 6) is -4.75. The van der Waals surface area contributed by atoms with Crippen LogP contribution < -0.4 is 10.4 Å². The molecule has 2 unspecified atom stereocenters. The summed E-state index contributed by atoms with van der Waals surface area (Å²) in [6, 6.07) is 1.57. The lowest BCUT2D eigenvalue weighted by molar-refractivity contribution is -0.149. The first-order valence-corrected chi connectivity index (χ1v) is 11.5. The molecule has 4 aliphatic rings. The van der Waals surface area contributed by atoms with E-state index in [1.165, 1.54) is 12.2 Å². The number of carbonyl (C=O) groups is 1. The van der Waals surface area contributed by atoms with E-state index in [4.69, 9.17) is 5.11 Å². The third kappa shape index (κ3) is 4.12. The van der Waals surface area contributed by atoms with Gasteiger partial charge in [0.15, 0.2) is 0 Å². The first kappa shape index (κ1) is 26.1.